The van der Waals surface area contributed by atoms with E-state index < -0.39 is 0 Å². The molecule has 0 saturated carbocycles. The van der Waals surface area contributed by atoms with Gasteiger partial charge in [0.1, 0.15) is 0 Å². The van der Waals surface area contributed by atoms with E-state index in [1.54, 1.807) is 0 Å². The van der Waals surface area contributed by atoms with Crippen molar-refractivity contribution in [2.24, 2.45) is 0 Å². The van der Waals surface area contributed by atoms with E-state index >= 15 is 0 Å². The second-order valence-corrected chi connectivity index (χ2v) is 4.41. The second kappa shape index (κ2) is 7.69. The van der Waals surface area contributed by atoms with Crippen LogP contribution >= 0.6 is 0 Å². The van der Waals surface area contributed by atoms with Crippen LogP contribution in [0.1, 0.15) is 51.9 Å². The van der Waals surface area contributed by atoms with Crippen molar-refractivity contribution in [2.75, 3.05) is 13.1 Å². The largest absolute Gasteiger partial charge is 0.356 e. The molecule has 0 aliphatic carbocycles. The van der Waals surface area contributed by atoms with E-state index in [-0.39, 0.29) is 5.91 Å². The molecular formula is C12H24N2O. The van der Waals surface area contributed by atoms with Gasteiger partial charge in [-0.3, -0.25) is 4.79 Å². The minimum atomic E-state index is 0.213. The van der Waals surface area contributed by atoms with Crippen molar-refractivity contribution in [1.82, 2.24) is 10.6 Å². The Hall–Kier alpha value is -0.570. The summed E-state index contributed by atoms with van der Waals surface area (Å²) in [6.45, 7) is 4.10. The number of carbonyl (C=O) groups excluding carboxylic acids is 1. The standard InChI is InChI=1S/C12H24N2O/c1-2-3-5-9-14-12(15)10-11-7-4-6-8-13-11/h11,13H,2-10H2,1H3,(H,14,15). The van der Waals surface area contributed by atoms with Gasteiger partial charge in [0.25, 0.3) is 0 Å². The maximum absolute atomic E-state index is 11.5. The zero-order chi connectivity index (χ0) is 10.9. The van der Waals surface area contributed by atoms with E-state index in [0.29, 0.717) is 12.5 Å². The van der Waals surface area contributed by atoms with Gasteiger partial charge in [-0.25, -0.2) is 0 Å². The lowest BCUT2D eigenvalue weighted by molar-refractivity contribution is -0.121. The third-order valence-corrected chi connectivity index (χ3v) is 2.95. The molecule has 1 atom stereocenters. The summed E-state index contributed by atoms with van der Waals surface area (Å²) in [6, 6.07) is 0.421. The van der Waals surface area contributed by atoms with Crippen LogP contribution < -0.4 is 10.6 Å². The minimum absolute atomic E-state index is 0.213. The number of hydrogen-bond acceptors (Lipinski definition) is 2. The summed E-state index contributed by atoms with van der Waals surface area (Å²) in [5.74, 6) is 0.213. The van der Waals surface area contributed by atoms with Crippen molar-refractivity contribution < 1.29 is 4.79 Å². The van der Waals surface area contributed by atoms with Crippen molar-refractivity contribution in [1.29, 1.82) is 0 Å². The lowest BCUT2D eigenvalue weighted by atomic mass is 10.0. The van der Waals surface area contributed by atoms with Gasteiger partial charge >= 0.3 is 0 Å². The molecule has 1 amide bonds. The zero-order valence-corrected chi connectivity index (χ0v) is 9.85. The molecule has 3 heteroatoms. The topological polar surface area (TPSA) is 41.1 Å². The Morgan fingerprint density at radius 1 is 1.40 bits per heavy atom. The number of amides is 1. The highest BCUT2D eigenvalue weighted by Crippen LogP contribution is 2.09. The Morgan fingerprint density at radius 3 is 2.93 bits per heavy atom. The molecule has 1 aliphatic rings. The minimum Gasteiger partial charge on any atom is -0.356 e. The predicted octanol–water partition coefficient (Wildman–Crippen LogP) is 1.82. The van der Waals surface area contributed by atoms with Gasteiger partial charge in [0, 0.05) is 19.0 Å². The van der Waals surface area contributed by atoms with Crippen LogP contribution in [0.2, 0.25) is 0 Å². The maximum atomic E-state index is 11.5. The van der Waals surface area contributed by atoms with E-state index in [9.17, 15) is 4.79 Å². The fraction of sp³-hybridized carbons (Fsp3) is 0.917. The highest BCUT2D eigenvalue weighted by atomic mass is 16.1. The highest BCUT2D eigenvalue weighted by Gasteiger charge is 2.15. The van der Waals surface area contributed by atoms with Crippen LogP contribution in [0.25, 0.3) is 0 Å². The fourth-order valence-electron chi connectivity index (χ4n) is 2.00. The Labute approximate surface area is 93.0 Å². The molecule has 1 fully saturated rings. The Morgan fingerprint density at radius 2 is 2.27 bits per heavy atom. The van der Waals surface area contributed by atoms with Crippen LogP contribution in [0.15, 0.2) is 0 Å². The molecule has 0 radical (unpaired) electrons. The first-order valence-electron chi connectivity index (χ1n) is 6.33. The first-order chi connectivity index (χ1) is 7.33. The van der Waals surface area contributed by atoms with Gasteiger partial charge in [0.05, 0.1) is 0 Å². The second-order valence-electron chi connectivity index (χ2n) is 4.41. The third-order valence-electron chi connectivity index (χ3n) is 2.95. The smallest absolute Gasteiger partial charge is 0.221 e. The predicted molar refractivity (Wildman–Crippen MR) is 62.8 cm³/mol. The van der Waals surface area contributed by atoms with Crippen LogP contribution in [-0.2, 0) is 4.79 Å². The number of hydrogen-bond donors (Lipinski definition) is 2. The van der Waals surface area contributed by atoms with Crippen LogP contribution in [0.4, 0.5) is 0 Å². The van der Waals surface area contributed by atoms with Crippen LogP contribution in [-0.4, -0.2) is 25.0 Å². The summed E-state index contributed by atoms with van der Waals surface area (Å²) in [7, 11) is 0. The van der Waals surface area contributed by atoms with Crippen molar-refractivity contribution in [3.8, 4) is 0 Å². The first kappa shape index (κ1) is 12.5. The summed E-state index contributed by atoms with van der Waals surface area (Å²) in [6.07, 6.45) is 7.87. The molecule has 1 saturated heterocycles. The number of piperidine rings is 1. The molecule has 0 bridgehead atoms. The highest BCUT2D eigenvalue weighted by molar-refractivity contribution is 5.76. The molecule has 15 heavy (non-hydrogen) atoms. The summed E-state index contributed by atoms with van der Waals surface area (Å²) in [4.78, 5) is 11.5. The molecular weight excluding hydrogens is 188 g/mol. The third kappa shape index (κ3) is 5.78. The molecule has 3 nitrogen and oxygen atoms in total. The van der Waals surface area contributed by atoms with Gasteiger partial charge in [0.2, 0.25) is 5.91 Å². The van der Waals surface area contributed by atoms with Gasteiger partial charge in [-0.15, -0.1) is 0 Å². The first-order valence-corrected chi connectivity index (χ1v) is 6.33. The quantitative estimate of drug-likeness (QED) is 0.659. The Kier molecular flexibility index (Phi) is 6.41. The van der Waals surface area contributed by atoms with E-state index in [1.807, 2.05) is 0 Å². The number of unbranched alkanes of at least 4 members (excludes halogenated alkanes) is 2. The van der Waals surface area contributed by atoms with E-state index in [2.05, 4.69) is 17.6 Å². The molecule has 2 N–H and O–H groups in total. The number of nitrogens with one attached hydrogen (secondary N) is 2. The zero-order valence-electron chi connectivity index (χ0n) is 9.85. The van der Waals surface area contributed by atoms with Gasteiger partial charge in [-0.05, 0) is 25.8 Å². The van der Waals surface area contributed by atoms with E-state index in [0.717, 1.165) is 25.9 Å². The molecule has 1 unspecified atom stereocenters. The molecule has 1 heterocycles. The van der Waals surface area contributed by atoms with Crippen molar-refractivity contribution in [3.63, 3.8) is 0 Å². The van der Waals surface area contributed by atoms with Crippen LogP contribution in [0.3, 0.4) is 0 Å². The van der Waals surface area contributed by atoms with Gasteiger partial charge in [-0.2, -0.15) is 0 Å². The lowest BCUT2D eigenvalue weighted by Crippen LogP contribution is -2.38. The summed E-state index contributed by atoms with van der Waals surface area (Å²) in [5, 5.41) is 6.38. The van der Waals surface area contributed by atoms with Crippen LogP contribution in [0.5, 0.6) is 0 Å². The average Bonchev–Trinajstić information content (AvgIpc) is 2.26. The molecule has 0 spiro atoms. The van der Waals surface area contributed by atoms with E-state index in [1.165, 1.54) is 25.7 Å². The van der Waals surface area contributed by atoms with Crippen molar-refractivity contribution in [3.05, 3.63) is 0 Å². The van der Waals surface area contributed by atoms with Gasteiger partial charge in [-0.1, -0.05) is 26.2 Å². The average molecular weight is 212 g/mol. The molecule has 88 valence electrons. The van der Waals surface area contributed by atoms with Crippen molar-refractivity contribution in [2.45, 2.75) is 57.9 Å². The maximum Gasteiger partial charge on any atom is 0.221 e. The summed E-state index contributed by atoms with van der Waals surface area (Å²) < 4.78 is 0. The van der Waals surface area contributed by atoms with Gasteiger partial charge in [0.15, 0.2) is 0 Å². The van der Waals surface area contributed by atoms with Crippen molar-refractivity contribution >= 4 is 5.91 Å². The molecule has 1 rings (SSSR count). The van der Waals surface area contributed by atoms with Gasteiger partial charge < -0.3 is 10.6 Å². The molecule has 1 aliphatic heterocycles. The molecule has 0 aromatic rings. The SMILES string of the molecule is CCCCCNC(=O)CC1CCCCN1. The lowest BCUT2D eigenvalue weighted by Gasteiger charge is -2.22. The number of rotatable bonds is 6. The normalized spacial score (nSPS) is 21.3. The Bertz CT molecular complexity index is 176. The van der Waals surface area contributed by atoms with Crippen LogP contribution in [0, 0.1) is 0 Å². The van der Waals surface area contributed by atoms with E-state index in [4.69, 9.17) is 0 Å². The number of carbonyl (C=O) groups is 1. The molecule has 0 aromatic carbocycles. The summed E-state index contributed by atoms with van der Waals surface area (Å²) >= 11 is 0. The Balaban J connectivity index is 2.01. The molecule has 0 aromatic heterocycles. The fourth-order valence-corrected chi connectivity index (χ4v) is 2.00. The monoisotopic (exact) mass is 212 g/mol. The summed E-state index contributed by atoms with van der Waals surface area (Å²) in [5.41, 5.74) is 0.